The van der Waals surface area contributed by atoms with E-state index in [0.717, 1.165) is 18.3 Å². The first kappa shape index (κ1) is 16.4. The molecule has 0 atom stereocenters. The van der Waals surface area contributed by atoms with E-state index in [0.29, 0.717) is 11.7 Å². The fourth-order valence-electron chi connectivity index (χ4n) is 1.28. The normalized spacial score (nSPS) is 11.4. The summed E-state index contributed by atoms with van der Waals surface area (Å²) in [4.78, 5) is 10.2. The SMILES string of the molecule is C/C(C=O)=C(\C)C(C)C.CCc1ccc(O)cc1. The topological polar surface area (TPSA) is 37.3 Å². The van der Waals surface area contributed by atoms with Crippen LogP contribution in [0.25, 0.3) is 0 Å². The van der Waals surface area contributed by atoms with Gasteiger partial charge in [0.15, 0.2) is 0 Å². The van der Waals surface area contributed by atoms with Crippen molar-refractivity contribution in [2.75, 3.05) is 0 Å². The third-order valence-corrected chi connectivity index (χ3v) is 3.01. The smallest absolute Gasteiger partial charge is 0.145 e. The van der Waals surface area contributed by atoms with Gasteiger partial charge in [0.1, 0.15) is 12.0 Å². The lowest BCUT2D eigenvalue weighted by Gasteiger charge is -2.04. The van der Waals surface area contributed by atoms with Crippen molar-refractivity contribution in [3.63, 3.8) is 0 Å². The molecule has 0 aromatic heterocycles. The van der Waals surface area contributed by atoms with E-state index in [1.165, 1.54) is 11.1 Å². The average Bonchev–Trinajstić information content (AvgIpc) is 2.38. The molecule has 1 N–H and O–H groups in total. The minimum absolute atomic E-state index is 0.340. The van der Waals surface area contributed by atoms with Crippen molar-refractivity contribution < 1.29 is 9.90 Å². The summed E-state index contributed by atoms with van der Waals surface area (Å²) in [5.41, 5.74) is 3.31. The Labute approximate surface area is 110 Å². The minimum atomic E-state index is 0.340. The molecule has 0 aliphatic rings. The summed E-state index contributed by atoms with van der Waals surface area (Å²) in [5.74, 6) is 0.836. The van der Waals surface area contributed by atoms with Crippen LogP contribution in [0.5, 0.6) is 5.75 Å². The van der Waals surface area contributed by atoms with Crippen LogP contribution in [0, 0.1) is 5.92 Å². The molecule has 2 heteroatoms. The van der Waals surface area contributed by atoms with E-state index in [1.807, 2.05) is 26.0 Å². The van der Waals surface area contributed by atoms with Crippen LogP contribution in [0.2, 0.25) is 0 Å². The van der Waals surface area contributed by atoms with E-state index in [4.69, 9.17) is 5.11 Å². The van der Waals surface area contributed by atoms with E-state index in [1.54, 1.807) is 12.1 Å². The van der Waals surface area contributed by atoms with Gasteiger partial charge in [0.05, 0.1) is 0 Å². The number of aryl methyl sites for hydroxylation is 1. The molecule has 0 saturated heterocycles. The Balaban J connectivity index is 0.000000321. The molecule has 0 fully saturated rings. The molecule has 0 spiro atoms. The molecule has 0 unspecified atom stereocenters. The molecule has 1 rings (SSSR count). The van der Waals surface area contributed by atoms with Crippen molar-refractivity contribution in [1.82, 2.24) is 0 Å². The summed E-state index contributed by atoms with van der Waals surface area (Å²) in [5, 5.41) is 8.85. The monoisotopic (exact) mass is 248 g/mol. The zero-order chi connectivity index (χ0) is 14.1. The maximum absolute atomic E-state index is 10.2. The number of carbonyl (C=O) groups is 1. The predicted octanol–water partition coefficient (Wildman–Crippen LogP) is 4.13. The van der Waals surface area contributed by atoms with Crippen LogP contribution in [0.4, 0.5) is 0 Å². The summed E-state index contributed by atoms with van der Waals surface area (Å²) in [6, 6.07) is 7.27. The number of benzene rings is 1. The predicted molar refractivity (Wildman–Crippen MR) is 76.8 cm³/mol. The molecule has 2 nitrogen and oxygen atoms in total. The molecule has 1 aromatic rings. The van der Waals surface area contributed by atoms with Crippen molar-refractivity contribution >= 4 is 6.29 Å². The molecule has 0 heterocycles. The lowest BCUT2D eigenvalue weighted by Crippen LogP contribution is -1.93. The fourth-order valence-corrected chi connectivity index (χ4v) is 1.28. The van der Waals surface area contributed by atoms with Gasteiger partial charge in [-0.05, 0) is 49.5 Å². The summed E-state index contributed by atoms with van der Waals surface area (Å²) < 4.78 is 0. The Morgan fingerprint density at radius 1 is 1.22 bits per heavy atom. The molecule has 0 bridgehead atoms. The van der Waals surface area contributed by atoms with Crippen LogP contribution < -0.4 is 0 Å². The average molecular weight is 248 g/mol. The largest absolute Gasteiger partial charge is 0.508 e. The summed E-state index contributed by atoms with van der Waals surface area (Å²) in [6.07, 6.45) is 1.94. The second-order valence-corrected chi connectivity index (χ2v) is 4.66. The highest BCUT2D eigenvalue weighted by atomic mass is 16.3. The van der Waals surface area contributed by atoms with Gasteiger partial charge in [0.25, 0.3) is 0 Å². The third-order valence-electron chi connectivity index (χ3n) is 3.01. The van der Waals surface area contributed by atoms with Gasteiger partial charge in [-0.15, -0.1) is 0 Å². The van der Waals surface area contributed by atoms with Gasteiger partial charge in [-0.2, -0.15) is 0 Å². The highest BCUT2D eigenvalue weighted by Gasteiger charge is 1.98. The first-order valence-corrected chi connectivity index (χ1v) is 6.32. The second-order valence-electron chi connectivity index (χ2n) is 4.66. The number of allylic oxidation sites excluding steroid dienone is 2. The standard InChI is InChI=1S/C8H10O.C8H14O/c1-2-7-3-5-8(9)6-4-7;1-6(2)8(4)7(3)5-9/h3-6,9H,2H2,1H3;5-6H,1-4H3/b;8-7-. The van der Waals surface area contributed by atoms with Crippen molar-refractivity contribution in [2.45, 2.75) is 41.0 Å². The molecule has 18 heavy (non-hydrogen) atoms. The van der Waals surface area contributed by atoms with Gasteiger partial charge >= 0.3 is 0 Å². The first-order chi connectivity index (χ1) is 8.42. The van der Waals surface area contributed by atoms with Crippen molar-refractivity contribution in [3.8, 4) is 5.75 Å². The number of aromatic hydroxyl groups is 1. The van der Waals surface area contributed by atoms with Gasteiger partial charge in [0.2, 0.25) is 0 Å². The Morgan fingerprint density at radius 2 is 1.72 bits per heavy atom. The molecule has 0 aliphatic heterocycles. The number of hydrogen-bond acceptors (Lipinski definition) is 2. The third kappa shape index (κ3) is 6.24. The van der Waals surface area contributed by atoms with E-state index in [-0.39, 0.29) is 0 Å². The molecular weight excluding hydrogens is 224 g/mol. The van der Waals surface area contributed by atoms with Crippen molar-refractivity contribution in [2.24, 2.45) is 5.92 Å². The van der Waals surface area contributed by atoms with Crippen LogP contribution in [-0.2, 0) is 11.2 Å². The second kappa shape index (κ2) is 8.51. The van der Waals surface area contributed by atoms with E-state index < -0.39 is 0 Å². The Kier molecular flexibility index (Phi) is 7.77. The minimum Gasteiger partial charge on any atom is -0.508 e. The van der Waals surface area contributed by atoms with Crippen molar-refractivity contribution in [1.29, 1.82) is 0 Å². The van der Waals surface area contributed by atoms with Gasteiger partial charge in [-0.1, -0.05) is 38.5 Å². The summed E-state index contributed by atoms with van der Waals surface area (Å²) in [6.45, 7) is 10.1. The zero-order valence-corrected chi connectivity index (χ0v) is 12.0. The number of aldehydes is 1. The number of rotatable bonds is 3. The zero-order valence-electron chi connectivity index (χ0n) is 12.0. The first-order valence-electron chi connectivity index (χ1n) is 6.32. The lowest BCUT2D eigenvalue weighted by atomic mass is 10.0. The number of carbonyl (C=O) groups excluding carboxylic acids is 1. The number of hydrogen-bond donors (Lipinski definition) is 1. The lowest BCUT2D eigenvalue weighted by molar-refractivity contribution is -0.104. The molecule has 0 radical (unpaired) electrons. The Bertz CT molecular complexity index is 386. The summed E-state index contributed by atoms with van der Waals surface area (Å²) >= 11 is 0. The number of phenols is 1. The maximum atomic E-state index is 10.2. The molecule has 1 aromatic carbocycles. The van der Waals surface area contributed by atoms with E-state index in [2.05, 4.69) is 20.8 Å². The summed E-state index contributed by atoms with van der Waals surface area (Å²) in [7, 11) is 0. The van der Waals surface area contributed by atoms with Crippen LogP contribution >= 0.6 is 0 Å². The molecular formula is C16H24O2. The molecule has 0 amide bonds. The highest BCUT2D eigenvalue weighted by Crippen LogP contribution is 2.11. The van der Waals surface area contributed by atoms with E-state index >= 15 is 0 Å². The quantitative estimate of drug-likeness (QED) is 0.645. The molecule has 0 saturated carbocycles. The van der Waals surface area contributed by atoms with Crippen LogP contribution in [0.15, 0.2) is 35.4 Å². The Morgan fingerprint density at radius 3 is 2.00 bits per heavy atom. The maximum Gasteiger partial charge on any atom is 0.145 e. The van der Waals surface area contributed by atoms with E-state index in [9.17, 15) is 4.79 Å². The highest BCUT2D eigenvalue weighted by molar-refractivity contribution is 5.73. The number of phenolic OH excluding ortho intramolecular Hbond substituents is 1. The van der Waals surface area contributed by atoms with Gasteiger partial charge in [0, 0.05) is 0 Å². The Hall–Kier alpha value is -1.57. The molecule has 0 aliphatic carbocycles. The van der Waals surface area contributed by atoms with Gasteiger partial charge < -0.3 is 5.11 Å². The van der Waals surface area contributed by atoms with Crippen LogP contribution in [-0.4, -0.2) is 11.4 Å². The van der Waals surface area contributed by atoms with Crippen LogP contribution in [0.3, 0.4) is 0 Å². The fraction of sp³-hybridized carbons (Fsp3) is 0.438. The van der Waals surface area contributed by atoms with Crippen LogP contribution in [0.1, 0.15) is 40.2 Å². The molecule has 100 valence electrons. The van der Waals surface area contributed by atoms with Crippen molar-refractivity contribution in [3.05, 3.63) is 41.0 Å². The van der Waals surface area contributed by atoms with Gasteiger partial charge in [-0.25, -0.2) is 0 Å². The van der Waals surface area contributed by atoms with Gasteiger partial charge in [-0.3, -0.25) is 4.79 Å².